The number of benzene rings is 2. The summed E-state index contributed by atoms with van der Waals surface area (Å²) in [6.07, 6.45) is 4.11. The number of hydrogen-bond donors (Lipinski definition) is 1. The van der Waals surface area contributed by atoms with E-state index in [1.807, 2.05) is 20.8 Å². The van der Waals surface area contributed by atoms with Gasteiger partial charge in [-0.2, -0.15) is 0 Å². The number of aromatic hydroxyl groups is 1. The lowest BCUT2D eigenvalue weighted by molar-refractivity contribution is -0.156. The maximum absolute atomic E-state index is 14.3. The number of esters is 1. The van der Waals surface area contributed by atoms with Crippen molar-refractivity contribution in [2.24, 2.45) is 5.92 Å². The molecule has 0 radical (unpaired) electrons. The summed E-state index contributed by atoms with van der Waals surface area (Å²) in [4.78, 5) is 55.8. The maximum Gasteiger partial charge on any atom is 0.337 e. The summed E-state index contributed by atoms with van der Waals surface area (Å²) in [6.45, 7) is 5.45. The predicted octanol–water partition coefficient (Wildman–Crippen LogP) is 5.33. The van der Waals surface area contributed by atoms with Crippen LogP contribution in [-0.2, 0) is 9.53 Å². The number of nitrogens with zero attached hydrogens (tertiary/aromatic N) is 3. The zero-order chi connectivity index (χ0) is 30.2. The second kappa shape index (κ2) is 11.3. The molecule has 0 spiro atoms. The number of pyridine rings is 1. The van der Waals surface area contributed by atoms with Gasteiger partial charge >= 0.3 is 11.7 Å². The van der Waals surface area contributed by atoms with Crippen LogP contribution in [0.3, 0.4) is 0 Å². The monoisotopic (exact) mass is 573 g/mol. The van der Waals surface area contributed by atoms with E-state index in [9.17, 15) is 28.7 Å². The topological polar surface area (TPSA) is 120 Å². The summed E-state index contributed by atoms with van der Waals surface area (Å²) < 4.78 is 22.2. The van der Waals surface area contributed by atoms with Crippen LogP contribution in [0, 0.1) is 11.7 Å². The molecule has 0 unspecified atom stereocenters. The Labute approximate surface area is 241 Å². The fourth-order valence-electron chi connectivity index (χ4n) is 5.67. The Morgan fingerprint density at radius 1 is 1.10 bits per heavy atom. The first-order valence-corrected chi connectivity index (χ1v) is 13.9. The third-order valence-electron chi connectivity index (χ3n) is 7.53. The second-order valence-electron chi connectivity index (χ2n) is 11.7. The van der Waals surface area contributed by atoms with Crippen molar-refractivity contribution in [3.8, 4) is 22.6 Å². The number of fused-ring (bicyclic) bond motifs is 1. The van der Waals surface area contributed by atoms with Gasteiger partial charge in [0.1, 0.15) is 17.2 Å². The summed E-state index contributed by atoms with van der Waals surface area (Å²) in [5.74, 6) is -0.945. The molecule has 0 bridgehead atoms. The van der Waals surface area contributed by atoms with Gasteiger partial charge in [-0.1, -0.05) is 12.1 Å². The van der Waals surface area contributed by atoms with Crippen LogP contribution in [0.2, 0.25) is 0 Å². The third-order valence-corrected chi connectivity index (χ3v) is 7.53. The van der Waals surface area contributed by atoms with Gasteiger partial charge in [0.15, 0.2) is 11.9 Å². The maximum atomic E-state index is 14.3. The Balaban J connectivity index is 1.56. The minimum atomic E-state index is -0.707. The highest BCUT2D eigenvalue weighted by Crippen LogP contribution is 2.34. The van der Waals surface area contributed by atoms with Crippen LogP contribution in [-0.4, -0.2) is 37.1 Å². The van der Waals surface area contributed by atoms with E-state index in [1.54, 1.807) is 24.3 Å². The number of ether oxygens (including phenoxy) is 1. The van der Waals surface area contributed by atoms with E-state index in [4.69, 9.17) is 4.74 Å². The van der Waals surface area contributed by atoms with Gasteiger partial charge in [0.05, 0.1) is 17.3 Å². The molecule has 2 heterocycles. The molecule has 0 aliphatic heterocycles. The number of carbonyl (C=O) groups is 2. The number of aldehydes is 1. The van der Waals surface area contributed by atoms with Crippen LogP contribution in [0.4, 0.5) is 4.39 Å². The Kier molecular flexibility index (Phi) is 7.81. The molecule has 42 heavy (non-hydrogen) atoms. The fourth-order valence-corrected chi connectivity index (χ4v) is 5.67. The SMILES string of the molecule is CC(C)(C)OC(=O)CC1CCC(n2c(=O)c3cc(F)cnc3n(-c3cccc(-c4cc(O)ccc4C=O)c3)c2=O)CC1. The van der Waals surface area contributed by atoms with Gasteiger partial charge in [0.2, 0.25) is 0 Å². The van der Waals surface area contributed by atoms with Crippen molar-refractivity contribution >= 4 is 23.3 Å². The summed E-state index contributed by atoms with van der Waals surface area (Å²) in [6, 6.07) is 11.7. The lowest BCUT2D eigenvalue weighted by Crippen LogP contribution is -2.43. The number of hydrogen-bond acceptors (Lipinski definition) is 7. The molecule has 10 heteroatoms. The Bertz CT molecular complexity index is 1800. The van der Waals surface area contributed by atoms with E-state index in [1.165, 1.54) is 27.3 Å². The summed E-state index contributed by atoms with van der Waals surface area (Å²) in [5.41, 5.74) is -0.108. The summed E-state index contributed by atoms with van der Waals surface area (Å²) in [7, 11) is 0. The molecule has 2 aromatic heterocycles. The van der Waals surface area contributed by atoms with Gasteiger partial charge in [0, 0.05) is 18.0 Å². The summed E-state index contributed by atoms with van der Waals surface area (Å²) in [5, 5.41) is 10.00. The smallest absolute Gasteiger partial charge is 0.337 e. The van der Waals surface area contributed by atoms with Crippen molar-refractivity contribution in [2.45, 2.75) is 64.5 Å². The molecule has 1 aliphatic rings. The largest absolute Gasteiger partial charge is 0.508 e. The van der Waals surface area contributed by atoms with Crippen molar-refractivity contribution < 1.29 is 23.8 Å². The standard InChI is InChI=1S/C32H32FN3O6/c1-32(2,3)42-28(39)13-19-7-10-23(11-8-19)36-30(40)27-15-22(33)17-34-29(27)35(31(36)41)24-6-4-5-20(14-24)26-16-25(38)12-9-21(26)18-37/h4-6,9,12,14-19,23,38H,7-8,10-11,13H2,1-3H3. The van der Waals surface area contributed by atoms with Crippen molar-refractivity contribution in [3.63, 3.8) is 0 Å². The first-order chi connectivity index (χ1) is 19.9. The van der Waals surface area contributed by atoms with Crippen LogP contribution in [0.15, 0.2) is 64.3 Å². The molecule has 218 valence electrons. The highest BCUT2D eigenvalue weighted by Gasteiger charge is 2.29. The molecular formula is C32H32FN3O6. The van der Waals surface area contributed by atoms with Gasteiger partial charge < -0.3 is 9.84 Å². The van der Waals surface area contributed by atoms with Gasteiger partial charge in [0.25, 0.3) is 5.56 Å². The molecule has 1 saturated carbocycles. The van der Waals surface area contributed by atoms with E-state index < -0.39 is 28.7 Å². The Morgan fingerprint density at radius 3 is 2.52 bits per heavy atom. The number of carbonyl (C=O) groups excluding carboxylic acids is 2. The molecule has 2 aromatic carbocycles. The molecule has 4 aromatic rings. The minimum absolute atomic E-state index is 0.00457. The second-order valence-corrected chi connectivity index (χ2v) is 11.7. The van der Waals surface area contributed by atoms with Gasteiger partial charge in [-0.3, -0.25) is 19.0 Å². The number of rotatable bonds is 6. The molecule has 1 aliphatic carbocycles. The zero-order valence-electron chi connectivity index (χ0n) is 23.7. The van der Waals surface area contributed by atoms with E-state index in [0.29, 0.717) is 54.3 Å². The Morgan fingerprint density at radius 2 is 1.83 bits per heavy atom. The van der Waals surface area contributed by atoms with E-state index in [0.717, 1.165) is 12.3 Å². The molecule has 1 fully saturated rings. The number of phenols is 1. The van der Waals surface area contributed by atoms with Crippen molar-refractivity contribution in [2.75, 3.05) is 0 Å². The van der Waals surface area contributed by atoms with Gasteiger partial charge in [-0.05, 0) is 99.9 Å². The number of phenolic OH excluding ortho intramolecular Hbond substituents is 1. The quantitative estimate of drug-likeness (QED) is 0.244. The average molecular weight is 574 g/mol. The first kappa shape index (κ1) is 28.9. The van der Waals surface area contributed by atoms with E-state index in [2.05, 4.69) is 4.98 Å². The van der Waals surface area contributed by atoms with Crippen LogP contribution in [0.25, 0.3) is 27.8 Å². The predicted molar refractivity (Wildman–Crippen MR) is 156 cm³/mol. The number of halogens is 1. The lowest BCUT2D eigenvalue weighted by Gasteiger charge is -2.30. The van der Waals surface area contributed by atoms with Crippen molar-refractivity contribution in [1.82, 2.24) is 14.1 Å². The van der Waals surface area contributed by atoms with E-state index >= 15 is 0 Å². The van der Waals surface area contributed by atoms with Gasteiger partial charge in [-0.15, -0.1) is 0 Å². The van der Waals surface area contributed by atoms with Crippen molar-refractivity contribution in [1.29, 1.82) is 0 Å². The van der Waals surface area contributed by atoms with Crippen molar-refractivity contribution in [3.05, 3.63) is 86.9 Å². The fraction of sp³-hybridized carbons (Fsp3) is 0.344. The number of aromatic nitrogens is 3. The highest BCUT2D eigenvalue weighted by molar-refractivity contribution is 5.88. The molecule has 0 saturated heterocycles. The van der Waals surface area contributed by atoms with E-state index in [-0.39, 0.29) is 35.1 Å². The highest BCUT2D eigenvalue weighted by atomic mass is 19.1. The van der Waals surface area contributed by atoms with Gasteiger partial charge in [-0.25, -0.2) is 18.7 Å². The first-order valence-electron chi connectivity index (χ1n) is 13.9. The molecule has 0 amide bonds. The Hall–Kier alpha value is -4.60. The molecule has 1 N–H and O–H groups in total. The molecular weight excluding hydrogens is 541 g/mol. The normalized spacial score (nSPS) is 17.2. The molecule has 0 atom stereocenters. The molecule has 9 nitrogen and oxygen atoms in total. The van der Waals surface area contributed by atoms with Crippen LogP contribution >= 0.6 is 0 Å². The minimum Gasteiger partial charge on any atom is -0.508 e. The third kappa shape index (κ3) is 5.88. The zero-order valence-corrected chi connectivity index (χ0v) is 23.7. The summed E-state index contributed by atoms with van der Waals surface area (Å²) >= 11 is 0. The van der Waals surface area contributed by atoms with Crippen LogP contribution in [0.5, 0.6) is 5.75 Å². The van der Waals surface area contributed by atoms with Crippen LogP contribution < -0.4 is 11.2 Å². The average Bonchev–Trinajstić information content (AvgIpc) is 2.93. The molecule has 5 rings (SSSR count). The van der Waals surface area contributed by atoms with Crippen LogP contribution in [0.1, 0.15) is 69.3 Å². The lowest BCUT2D eigenvalue weighted by atomic mass is 9.84.